The fraction of sp³-hybridized carbons (Fsp3) is 0.143. The van der Waals surface area contributed by atoms with Gasteiger partial charge in [0, 0.05) is 6.07 Å². The number of sulfonamides is 1. The van der Waals surface area contributed by atoms with Crippen LogP contribution in [-0.2, 0) is 10.0 Å². The third-order valence-corrected chi connectivity index (χ3v) is 4.53. The van der Waals surface area contributed by atoms with Gasteiger partial charge in [-0.05, 0) is 36.8 Å². The highest BCUT2D eigenvalue weighted by Crippen LogP contribution is 2.35. The molecule has 0 unspecified atom stereocenters. The Bertz CT molecular complexity index is 803. The second-order valence-corrected chi connectivity index (χ2v) is 6.37. The maximum Gasteiger partial charge on any atom is 0.263 e. The summed E-state index contributed by atoms with van der Waals surface area (Å²) in [4.78, 5) is 0.0470. The molecule has 7 heteroatoms. The minimum absolute atomic E-state index is 0.0470. The first-order valence-corrected chi connectivity index (χ1v) is 7.73. The highest BCUT2D eigenvalue weighted by atomic mass is 32.2. The summed E-state index contributed by atoms with van der Waals surface area (Å²) < 4.78 is 37.6. The van der Waals surface area contributed by atoms with Gasteiger partial charge < -0.3 is 15.2 Å². The molecule has 0 amide bonds. The summed E-state index contributed by atoms with van der Waals surface area (Å²) in [6.45, 7) is 1.98. The molecule has 0 bridgehead atoms. The maximum atomic E-state index is 12.4. The molecule has 2 aromatic rings. The van der Waals surface area contributed by atoms with Crippen LogP contribution >= 0.6 is 0 Å². The molecule has 110 valence electrons. The molecule has 0 aromatic heterocycles. The van der Waals surface area contributed by atoms with Crippen LogP contribution in [0.1, 0.15) is 5.56 Å². The van der Waals surface area contributed by atoms with Gasteiger partial charge in [-0.25, -0.2) is 8.42 Å². The Morgan fingerprint density at radius 3 is 2.62 bits per heavy atom. The van der Waals surface area contributed by atoms with Crippen molar-refractivity contribution in [3.63, 3.8) is 0 Å². The number of hydrogen-bond donors (Lipinski definition) is 2. The number of nitrogens with one attached hydrogen (secondary N) is 1. The summed E-state index contributed by atoms with van der Waals surface area (Å²) in [7, 11) is -3.75. The first-order chi connectivity index (χ1) is 9.95. The fourth-order valence-corrected chi connectivity index (χ4v) is 3.25. The van der Waals surface area contributed by atoms with Crippen molar-refractivity contribution in [2.45, 2.75) is 11.8 Å². The zero-order chi connectivity index (χ0) is 15.0. The van der Waals surface area contributed by atoms with Gasteiger partial charge in [0.15, 0.2) is 11.5 Å². The number of nitrogens with two attached hydrogens (primary N) is 1. The molecule has 0 saturated carbocycles. The van der Waals surface area contributed by atoms with Crippen LogP contribution in [0.3, 0.4) is 0 Å². The van der Waals surface area contributed by atoms with Crippen molar-refractivity contribution in [3.8, 4) is 11.5 Å². The molecule has 21 heavy (non-hydrogen) atoms. The maximum absolute atomic E-state index is 12.4. The van der Waals surface area contributed by atoms with Crippen LogP contribution < -0.4 is 19.9 Å². The van der Waals surface area contributed by atoms with E-state index in [1.807, 2.05) is 6.92 Å². The monoisotopic (exact) mass is 306 g/mol. The Hall–Kier alpha value is -2.41. The SMILES string of the molecule is Cc1ccc(S(=O)(=O)Nc2ccc3c(c2)OCO3)c(N)c1. The van der Waals surface area contributed by atoms with Crippen molar-refractivity contribution < 1.29 is 17.9 Å². The van der Waals surface area contributed by atoms with Gasteiger partial charge in [0.1, 0.15) is 4.90 Å². The summed E-state index contributed by atoms with van der Waals surface area (Å²) in [5.74, 6) is 1.10. The summed E-state index contributed by atoms with van der Waals surface area (Å²) >= 11 is 0. The van der Waals surface area contributed by atoms with Crippen LogP contribution in [0.4, 0.5) is 11.4 Å². The summed E-state index contributed by atoms with van der Waals surface area (Å²) in [6, 6.07) is 9.64. The average molecular weight is 306 g/mol. The van der Waals surface area contributed by atoms with Gasteiger partial charge in [-0.3, -0.25) is 4.72 Å². The third kappa shape index (κ3) is 2.59. The number of benzene rings is 2. The van der Waals surface area contributed by atoms with E-state index in [1.54, 1.807) is 30.3 Å². The molecule has 6 nitrogen and oxygen atoms in total. The molecule has 0 aliphatic carbocycles. The second kappa shape index (κ2) is 4.85. The minimum Gasteiger partial charge on any atom is -0.454 e. The summed E-state index contributed by atoms with van der Waals surface area (Å²) in [5.41, 5.74) is 7.28. The predicted molar refractivity (Wildman–Crippen MR) is 79.0 cm³/mol. The van der Waals surface area contributed by atoms with E-state index in [-0.39, 0.29) is 17.4 Å². The van der Waals surface area contributed by atoms with Gasteiger partial charge in [-0.2, -0.15) is 0 Å². The Morgan fingerprint density at radius 1 is 1.10 bits per heavy atom. The van der Waals surface area contributed by atoms with E-state index in [2.05, 4.69) is 4.72 Å². The van der Waals surface area contributed by atoms with Gasteiger partial charge in [0.25, 0.3) is 10.0 Å². The number of hydrogen-bond acceptors (Lipinski definition) is 5. The number of rotatable bonds is 3. The molecule has 0 saturated heterocycles. The molecule has 0 spiro atoms. The van der Waals surface area contributed by atoms with Gasteiger partial charge in [0.2, 0.25) is 6.79 Å². The second-order valence-electron chi connectivity index (χ2n) is 4.71. The average Bonchev–Trinajstić information content (AvgIpc) is 2.85. The largest absolute Gasteiger partial charge is 0.454 e. The van der Waals surface area contributed by atoms with Gasteiger partial charge in [-0.1, -0.05) is 6.07 Å². The van der Waals surface area contributed by atoms with Crippen molar-refractivity contribution in [1.29, 1.82) is 0 Å². The normalized spacial score (nSPS) is 13.2. The number of aryl methyl sites for hydroxylation is 1. The van der Waals surface area contributed by atoms with E-state index in [0.29, 0.717) is 17.2 Å². The van der Waals surface area contributed by atoms with E-state index in [0.717, 1.165) is 5.56 Å². The van der Waals surface area contributed by atoms with Crippen LogP contribution in [-0.4, -0.2) is 15.2 Å². The molecule has 0 radical (unpaired) electrons. The van der Waals surface area contributed by atoms with E-state index in [1.165, 1.54) is 6.07 Å². The lowest BCUT2D eigenvalue weighted by Crippen LogP contribution is -2.14. The van der Waals surface area contributed by atoms with Crippen molar-refractivity contribution in [3.05, 3.63) is 42.0 Å². The van der Waals surface area contributed by atoms with Crippen LogP contribution in [0.2, 0.25) is 0 Å². The summed E-state index contributed by atoms with van der Waals surface area (Å²) in [6.07, 6.45) is 0. The number of anilines is 2. The van der Waals surface area contributed by atoms with Crippen molar-refractivity contribution >= 4 is 21.4 Å². The van der Waals surface area contributed by atoms with E-state index < -0.39 is 10.0 Å². The number of nitrogen functional groups attached to an aromatic ring is 1. The van der Waals surface area contributed by atoms with Crippen molar-refractivity contribution in [2.75, 3.05) is 17.2 Å². The zero-order valence-electron chi connectivity index (χ0n) is 11.3. The molecule has 1 aliphatic heterocycles. The molecule has 0 fully saturated rings. The van der Waals surface area contributed by atoms with Crippen LogP contribution in [0.5, 0.6) is 11.5 Å². The number of ether oxygens (including phenoxy) is 2. The van der Waals surface area contributed by atoms with Crippen molar-refractivity contribution in [1.82, 2.24) is 0 Å². The Morgan fingerprint density at radius 2 is 1.86 bits per heavy atom. The molecule has 0 atom stereocenters. The van der Waals surface area contributed by atoms with E-state index in [4.69, 9.17) is 15.2 Å². The Labute approximate surface area is 122 Å². The Kier molecular flexibility index (Phi) is 3.13. The molecule has 3 rings (SSSR count). The first-order valence-electron chi connectivity index (χ1n) is 6.24. The third-order valence-electron chi connectivity index (χ3n) is 3.08. The van der Waals surface area contributed by atoms with Gasteiger partial charge in [0.05, 0.1) is 11.4 Å². The van der Waals surface area contributed by atoms with E-state index in [9.17, 15) is 8.42 Å². The van der Waals surface area contributed by atoms with Gasteiger partial charge in [-0.15, -0.1) is 0 Å². The van der Waals surface area contributed by atoms with Crippen LogP contribution in [0.25, 0.3) is 0 Å². The standard InChI is InChI=1S/C14H14N2O4S/c1-9-2-5-14(11(15)6-9)21(17,18)16-10-3-4-12-13(7-10)20-8-19-12/h2-7,16H,8,15H2,1H3. The highest BCUT2D eigenvalue weighted by molar-refractivity contribution is 7.92. The minimum atomic E-state index is -3.75. The smallest absolute Gasteiger partial charge is 0.263 e. The predicted octanol–water partition coefficient (Wildman–Crippen LogP) is 2.11. The Balaban J connectivity index is 1.92. The van der Waals surface area contributed by atoms with Crippen molar-refractivity contribution in [2.24, 2.45) is 0 Å². The van der Waals surface area contributed by atoms with Crippen LogP contribution in [0.15, 0.2) is 41.3 Å². The quantitative estimate of drug-likeness (QED) is 0.848. The molecule has 1 heterocycles. The molecule has 3 N–H and O–H groups in total. The molecule has 1 aliphatic rings. The first kappa shape index (κ1) is 13.6. The fourth-order valence-electron chi connectivity index (χ4n) is 2.08. The summed E-state index contributed by atoms with van der Waals surface area (Å²) in [5, 5.41) is 0. The molecular weight excluding hydrogens is 292 g/mol. The van der Waals surface area contributed by atoms with E-state index >= 15 is 0 Å². The highest BCUT2D eigenvalue weighted by Gasteiger charge is 2.19. The van der Waals surface area contributed by atoms with Crippen LogP contribution in [0, 0.1) is 6.92 Å². The van der Waals surface area contributed by atoms with Gasteiger partial charge >= 0.3 is 0 Å². The zero-order valence-corrected chi connectivity index (χ0v) is 12.1. The molecule has 2 aromatic carbocycles. The topological polar surface area (TPSA) is 90.7 Å². The number of fused-ring (bicyclic) bond motifs is 1. The lowest BCUT2D eigenvalue weighted by atomic mass is 10.2. The molecular formula is C14H14N2O4S. The lowest BCUT2D eigenvalue weighted by Gasteiger charge is -2.11. The lowest BCUT2D eigenvalue weighted by molar-refractivity contribution is 0.174.